The smallest absolute Gasteiger partial charge is 0.374 e. The first-order chi connectivity index (χ1) is 16.9. The van der Waals surface area contributed by atoms with Crippen LogP contribution in [0.4, 0.5) is 17.6 Å². The molecular weight excluding hydrogens is 545 g/mol. The lowest BCUT2D eigenvalue weighted by Crippen LogP contribution is -2.42. The molecule has 0 aliphatic carbocycles. The topological polar surface area (TPSA) is 63.6 Å². The minimum Gasteiger partial charge on any atom is -0.374 e. The van der Waals surface area contributed by atoms with Crippen molar-refractivity contribution in [2.24, 2.45) is 5.16 Å². The predicted molar refractivity (Wildman–Crippen MR) is 128 cm³/mol. The van der Waals surface area contributed by atoms with Crippen LogP contribution in [0.5, 0.6) is 0 Å². The van der Waals surface area contributed by atoms with Crippen molar-refractivity contribution in [2.75, 3.05) is 0 Å². The zero-order valence-corrected chi connectivity index (χ0v) is 20.7. The number of carbonyl (C=O) groups is 1. The number of hydrogen-bond acceptors (Lipinski definition) is 4. The summed E-state index contributed by atoms with van der Waals surface area (Å²) in [5.74, 6) is -1.41. The van der Waals surface area contributed by atoms with Crippen molar-refractivity contribution in [3.63, 3.8) is 0 Å². The van der Waals surface area contributed by atoms with Gasteiger partial charge in [-0.3, -0.25) is 4.79 Å². The van der Waals surface area contributed by atoms with Crippen molar-refractivity contribution < 1.29 is 27.2 Å². The standard InChI is InChI=1S/C24H16Cl3F4N3O2/c1-12-6-14(3-4-16(12)22(35)33-11-13-2-5-20(27)32-10-13)19-9-23(36-34-19,24(29,30)31)15-7-17(25)21(28)18(26)8-15/h2-8,10H,9,11H2,1H3,(H,33,35). The highest BCUT2D eigenvalue weighted by molar-refractivity contribution is 6.35. The molecule has 0 bridgehead atoms. The summed E-state index contributed by atoms with van der Waals surface area (Å²) < 4.78 is 56.4. The van der Waals surface area contributed by atoms with Crippen LogP contribution in [0.2, 0.25) is 15.2 Å². The fourth-order valence-corrected chi connectivity index (χ4v) is 4.33. The lowest BCUT2D eigenvalue weighted by Gasteiger charge is -2.29. The monoisotopic (exact) mass is 559 g/mol. The van der Waals surface area contributed by atoms with E-state index in [1.54, 1.807) is 19.1 Å². The van der Waals surface area contributed by atoms with Gasteiger partial charge < -0.3 is 10.2 Å². The highest BCUT2D eigenvalue weighted by Gasteiger charge is 2.62. The third kappa shape index (κ3) is 5.00. The second-order valence-electron chi connectivity index (χ2n) is 8.09. The Hall–Kier alpha value is -2.88. The number of hydrogen-bond donors (Lipinski definition) is 1. The first kappa shape index (κ1) is 26.2. The minimum atomic E-state index is -4.92. The molecule has 36 heavy (non-hydrogen) atoms. The highest BCUT2D eigenvalue weighted by atomic mass is 35.5. The molecule has 1 amide bonds. The number of benzene rings is 2. The lowest BCUT2D eigenvalue weighted by molar-refractivity contribution is -0.275. The average Bonchev–Trinajstić information content (AvgIpc) is 3.29. The normalized spacial score (nSPS) is 17.5. The Kier molecular flexibility index (Phi) is 7.19. The Morgan fingerprint density at radius 2 is 1.81 bits per heavy atom. The fourth-order valence-electron chi connectivity index (χ4n) is 3.73. The van der Waals surface area contributed by atoms with Crippen molar-refractivity contribution >= 4 is 46.4 Å². The van der Waals surface area contributed by atoms with Gasteiger partial charge in [-0.2, -0.15) is 13.2 Å². The van der Waals surface area contributed by atoms with Gasteiger partial charge in [-0.1, -0.05) is 52.1 Å². The van der Waals surface area contributed by atoms with E-state index in [9.17, 15) is 22.4 Å². The summed E-state index contributed by atoms with van der Waals surface area (Å²) in [4.78, 5) is 21.5. The van der Waals surface area contributed by atoms with Gasteiger partial charge in [-0.15, -0.1) is 0 Å². The molecule has 1 aliphatic rings. The van der Waals surface area contributed by atoms with Gasteiger partial charge >= 0.3 is 6.18 Å². The zero-order valence-electron chi connectivity index (χ0n) is 18.4. The molecule has 188 valence electrons. The van der Waals surface area contributed by atoms with Gasteiger partial charge in [0.1, 0.15) is 5.15 Å². The molecule has 1 unspecified atom stereocenters. The summed E-state index contributed by atoms with van der Waals surface area (Å²) in [5, 5.41) is 5.62. The van der Waals surface area contributed by atoms with Crippen molar-refractivity contribution in [1.82, 2.24) is 10.3 Å². The maximum absolute atomic E-state index is 14.2. The fraction of sp³-hybridized carbons (Fsp3) is 0.208. The number of nitrogens with one attached hydrogen (secondary N) is 1. The summed E-state index contributed by atoms with van der Waals surface area (Å²) >= 11 is 17.2. The van der Waals surface area contributed by atoms with Gasteiger partial charge in [-0.05, 0) is 53.9 Å². The van der Waals surface area contributed by atoms with Crippen LogP contribution >= 0.6 is 34.8 Å². The molecule has 1 atom stereocenters. The number of pyridine rings is 1. The molecule has 0 saturated carbocycles. The molecule has 3 aromatic rings. The number of amides is 1. The second kappa shape index (κ2) is 9.88. The molecule has 1 N–H and O–H groups in total. The number of nitrogens with zero attached hydrogens (tertiary/aromatic N) is 2. The van der Waals surface area contributed by atoms with Crippen molar-refractivity contribution in [3.05, 3.63) is 97.5 Å². The van der Waals surface area contributed by atoms with Crippen LogP contribution < -0.4 is 5.32 Å². The van der Waals surface area contributed by atoms with E-state index in [0.717, 1.165) is 17.7 Å². The van der Waals surface area contributed by atoms with Crippen LogP contribution in [0.15, 0.2) is 53.8 Å². The number of aromatic nitrogens is 1. The summed E-state index contributed by atoms with van der Waals surface area (Å²) in [6.07, 6.45) is -4.09. The van der Waals surface area contributed by atoms with Gasteiger partial charge in [0.2, 0.25) is 0 Å². The summed E-state index contributed by atoms with van der Waals surface area (Å²) in [6, 6.07) is 9.47. The predicted octanol–water partition coefficient (Wildman–Crippen LogP) is 7.00. The maximum atomic E-state index is 14.2. The molecule has 0 saturated heterocycles. The highest BCUT2D eigenvalue weighted by Crippen LogP contribution is 2.50. The molecule has 2 heterocycles. The Morgan fingerprint density at radius 1 is 1.11 bits per heavy atom. The number of halogens is 7. The Labute approximate surface area is 218 Å². The molecule has 0 fully saturated rings. The molecule has 0 radical (unpaired) electrons. The molecule has 5 nitrogen and oxygen atoms in total. The molecule has 1 aliphatic heterocycles. The van der Waals surface area contributed by atoms with Crippen LogP contribution in [-0.2, 0) is 17.0 Å². The van der Waals surface area contributed by atoms with Crippen molar-refractivity contribution in [2.45, 2.75) is 31.7 Å². The van der Waals surface area contributed by atoms with Crippen LogP contribution in [0, 0.1) is 12.7 Å². The lowest BCUT2D eigenvalue weighted by atomic mass is 9.86. The molecule has 12 heteroatoms. The molecule has 1 aromatic heterocycles. The largest absolute Gasteiger partial charge is 0.435 e. The van der Waals surface area contributed by atoms with Gasteiger partial charge in [0.25, 0.3) is 11.5 Å². The molecule has 2 aromatic carbocycles. The molecular formula is C24H16Cl3F4N3O2. The first-order valence-corrected chi connectivity index (χ1v) is 11.5. The van der Waals surface area contributed by atoms with Crippen LogP contribution in [0.25, 0.3) is 0 Å². The van der Waals surface area contributed by atoms with E-state index in [0.29, 0.717) is 21.8 Å². The number of carbonyl (C=O) groups excluding carboxylic acids is 1. The number of rotatable bonds is 5. The third-order valence-corrected chi connectivity index (χ3v) is 6.46. The molecule has 4 rings (SSSR count). The van der Waals surface area contributed by atoms with E-state index < -0.39 is 39.6 Å². The van der Waals surface area contributed by atoms with Gasteiger partial charge in [-0.25, -0.2) is 9.37 Å². The van der Waals surface area contributed by atoms with E-state index in [-0.39, 0.29) is 18.2 Å². The third-order valence-electron chi connectivity index (χ3n) is 5.68. The summed E-state index contributed by atoms with van der Waals surface area (Å²) in [5.41, 5.74) is -1.47. The molecule has 0 spiro atoms. The summed E-state index contributed by atoms with van der Waals surface area (Å²) in [6.45, 7) is 1.86. The van der Waals surface area contributed by atoms with Gasteiger partial charge in [0, 0.05) is 30.3 Å². The SMILES string of the molecule is Cc1cc(C2=NOC(c3cc(Cl)c(F)c(Cl)c3)(C(F)(F)F)C2)ccc1C(=O)NCc1ccc(Cl)nc1. The number of alkyl halides is 3. The number of oxime groups is 1. The Bertz CT molecular complexity index is 1340. The van der Waals surface area contributed by atoms with E-state index in [2.05, 4.69) is 15.5 Å². The van der Waals surface area contributed by atoms with E-state index in [1.807, 2.05) is 0 Å². The Morgan fingerprint density at radius 3 is 2.39 bits per heavy atom. The quantitative estimate of drug-likeness (QED) is 0.208. The van der Waals surface area contributed by atoms with Crippen molar-refractivity contribution in [3.8, 4) is 0 Å². The van der Waals surface area contributed by atoms with Crippen LogP contribution in [-0.4, -0.2) is 22.8 Å². The second-order valence-corrected chi connectivity index (χ2v) is 9.29. The zero-order chi connectivity index (χ0) is 26.3. The van der Waals surface area contributed by atoms with Gasteiger partial charge in [0.15, 0.2) is 5.82 Å². The first-order valence-electron chi connectivity index (χ1n) is 10.4. The maximum Gasteiger partial charge on any atom is 0.435 e. The average molecular weight is 561 g/mol. The van der Waals surface area contributed by atoms with E-state index in [1.165, 1.54) is 24.4 Å². The van der Waals surface area contributed by atoms with Crippen LogP contribution in [0.1, 0.15) is 39.0 Å². The van der Waals surface area contributed by atoms with Crippen LogP contribution in [0.3, 0.4) is 0 Å². The summed E-state index contributed by atoms with van der Waals surface area (Å²) in [7, 11) is 0. The van der Waals surface area contributed by atoms with Crippen molar-refractivity contribution in [1.29, 1.82) is 0 Å². The van der Waals surface area contributed by atoms with E-state index in [4.69, 9.17) is 39.6 Å². The minimum absolute atomic E-state index is 0.00816. The van der Waals surface area contributed by atoms with E-state index >= 15 is 0 Å². The number of aryl methyl sites for hydroxylation is 1. The Balaban J connectivity index is 1.55. The van der Waals surface area contributed by atoms with Gasteiger partial charge in [0.05, 0.1) is 15.8 Å².